The van der Waals surface area contributed by atoms with Gasteiger partial charge in [0.15, 0.2) is 12.1 Å². The Morgan fingerprint density at radius 2 is 2.10 bits per heavy atom. The van der Waals surface area contributed by atoms with Crippen molar-refractivity contribution in [2.24, 2.45) is 0 Å². The number of hydrogen-bond acceptors (Lipinski definition) is 3. The number of hydrogen-bond donors (Lipinski definition) is 0. The number of halogens is 3. The first-order chi connectivity index (χ1) is 10.1. The molecule has 0 amide bonds. The normalized spacial score (nSPS) is 10.8. The Kier molecular flexibility index (Phi) is 3.69. The Morgan fingerprint density at radius 3 is 2.71 bits per heavy atom. The quantitative estimate of drug-likeness (QED) is 0.640. The molecule has 0 fully saturated rings. The highest BCUT2D eigenvalue weighted by molar-refractivity contribution is 9.10. The van der Waals surface area contributed by atoms with Crippen LogP contribution in [0.1, 0.15) is 10.4 Å². The zero-order valence-corrected chi connectivity index (χ0v) is 12.8. The second-order valence-electron chi connectivity index (χ2n) is 4.22. The van der Waals surface area contributed by atoms with Crippen LogP contribution >= 0.6 is 27.3 Å². The summed E-state index contributed by atoms with van der Waals surface area (Å²) < 4.78 is 28.8. The molecule has 0 saturated carbocycles. The summed E-state index contributed by atoms with van der Waals surface area (Å²) in [6.45, 7) is 0. The first-order valence-corrected chi connectivity index (χ1v) is 7.56. The molecule has 0 bridgehead atoms. The van der Waals surface area contributed by atoms with Gasteiger partial charge in [0.1, 0.15) is 17.2 Å². The number of nitrogens with zero attached hydrogens (tertiary/aromatic N) is 2. The molecule has 106 valence electrons. The van der Waals surface area contributed by atoms with Gasteiger partial charge in [0, 0.05) is 33.1 Å². The summed E-state index contributed by atoms with van der Waals surface area (Å²) in [4.78, 5) is 11.2. The van der Waals surface area contributed by atoms with E-state index in [0.29, 0.717) is 17.5 Å². The largest absolute Gasteiger partial charge is 0.298 e. The van der Waals surface area contributed by atoms with Crippen molar-refractivity contribution in [3.05, 3.63) is 56.8 Å². The molecular weight excluding hydrogens is 362 g/mol. The number of carbonyl (C=O) groups is 1. The molecule has 2 aromatic heterocycles. The number of aldehydes is 1. The number of thiophene rings is 1. The maximum atomic E-state index is 13.8. The molecule has 21 heavy (non-hydrogen) atoms. The first-order valence-electron chi connectivity index (χ1n) is 5.82. The highest BCUT2D eigenvalue weighted by Gasteiger charge is 2.16. The Balaban J connectivity index is 2.16. The van der Waals surface area contributed by atoms with Gasteiger partial charge >= 0.3 is 0 Å². The van der Waals surface area contributed by atoms with E-state index in [1.807, 2.05) is 10.8 Å². The summed E-state index contributed by atoms with van der Waals surface area (Å²) in [6, 6.07) is 3.19. The third kappa shape index (κ3) is 2.54. The van der Waals surface area contributed by atoms with Gasteiger partial charge in [-0.15, -0.1) is 0 Å². The average molecular weight is 369 g/mol. The number of rotatable bonds is 3. The van der Waals surface area contributed by atoms with Crippen LogP contribution in [-0.2, 0) is 0 Å². The summed E-state index contributed by atoms with van der Waals surface area (Å²) in [5.41, 5.74) is 1.61. The predicted octanol–water partition coefficient (Wildman–Crippen LogP) is 4.45. The van der Waals surface area contributed by atoms with Crippen LogP contribution in [0.25, 0.3) is 16.9 Å². The van der Waals surface area contributed by atoms with E-state index in [4.69, 9.17) is 0 Å². The van der Waals surface area contributed by atoms with Crippen molar-refractivity contribution in [1.29, 1.82) is 0 Å². The molecule has 0 radical (unpaired) electrons. The van der Waals surface area contributed by atoms with Crippen molar-refractivity contribution in [2.75, 3.05) is 0 Å². The lowest BCUT2D eigenvalue weighted by Gasteiger charge is -2.02. The van der Waals surface area contributed by atoms with Crippen molar-refractivity contribution in [3.63, 3.8) is 0 Å². The second-order valence-corrected chi connectivity index (χ2v) is 5.82. The maximum Gasteiger partial charge on any atom is 0.153 e. The smallest absolute Gasteiger partial charge is 0.153 e. The fourth-order valence-corrected chi connectivity index (χ4v) is 3.39. The summed E-state index contributed by atoms with van der Waals surface area (Å²) in [7, 11) is 0. The molecule has 0 spiro atoms. The summed E-state index contributed by atoms with van der Waals surface area (Å²) in [6.07, 6.45) is 2.08. The molecule has 0 N–H and O–H groups in total. The molecular formula is C14H7BrF2N2OS. The Morgan fingerprint density at radius 1 is 1.29 bits per heavy atom. The zero-order chi connectivity index (χ0) is 15.0. The first kappa shape index (κ1) is 14.1. The van der Waals surface area contributed by atoms with E-state index >= 15 is 0 Å². The molecule has 0 aliphatic heterocycles. The van der Waals surface area contributed by atoms with Gasteiger partial charge in [-0.25, -0.2) is 13.5 Å². The molecule has 3 aromatic rings. The van der Waals surface area contributed by atoms with Gasteiger partial charge in [-0.2, -0.15) is 16.4 Å². The molecule has 0 saturated heterocycles. The van der Waals surface area contributed by atoms with Gasteiger partial charge in [-0.05, 0) is 28.1 Å². The Bertz CT molecular complexity index is 828. The van der Waals surface area contributed by atoms with Gasteiger partial charge in [0.05, 0.1) is 5.56 Å². The van der Waals surface area contributed by atoms with Crippen LogP contribution in [0.5, 0.6) is 0 Å². The van der Waals surface area contributed by atoms with Crippen LogP contribution in [0, 0.1) is 11.6 Å². The van der Waals surface area contributed by atoms with E-state index in [-0.39, 0.29) is 5.69 Å². The van der Waals surface area contributed by atoms with Crippen LogP contribution in [0.15, 0.2) is 39.6 Å². The summed E-state index contributed by atoms with van der Waals surface area (Å²) >= 11 is 4.83. The molecule has 0 aliphatic rings. The van der Waals surface area contributed by atoms with Crippen LogP contribution in [0.4, 0.5) is 8.78 Å². The van der Waals surface area contributed by atoms with E-state index in [2.05, 4.69) is 21.0 Å². The number of aromatic nitrogens is 2. The standard InChI is InChI=1S/C14H7BrF2N2OS/c15-11-7-21-6-10(11)14-8(5-20)4-19(18-14)13-2-1-9(16)3-12(13)17/h1-7H. The molecule has 3 rings (SSSR count). The van der Waals surface area contributed by atoms with Crippen LogP contribution in [-0.4, -0.2) is 16.1 Å². The van der Waals surface area contributed by atoms with E-state index in [1.165, 1.54) is 28.3 Å². The molecule has 7 heteroatoms. The van der Waals surface area contributed by atoms with Gasteiger partial charge in [0.25, 0.3) is 0 Å². The van der Waals surface area contributed by atoms with Crippen molar-refractivity contribution in [1.82, 2.24) is 9.78 Å². The van der Waals surface area contributed by atoms with Crippen molar-refractivity contribution < 1.29 is 13.6 Å². The summed E-state index contributed by atoms with van der Waals surface area (Å²) in [5, 5.41) is 7.95. The average Bonchev–Trinajstić information content (AvgIpc) is 3.04. The Hall–Kier alpha value is -1.86. The second kappa shape index (κ2) is 5.50. The third-order valence-corrected chi connectivity index (χ3v) is 4.60. The lowest BCUT2D eigenvalue weighted by atomic mass is 10.2. The van der Waals surface area contributed by atoms with Gasteiger partial charge in [-0.3, -0.25) is 4.79 Å². The lowest BCUT2D eigenvalue weighted by Crippen LogP contribution is -1.99. The SMILES string of the molecule is O=Cc1cn(-c2ccc(F)cc2F)nc1-c1cscc1Br. The minimum absolute atomic E-state index is 0.0807. The Labute approximate surface area is 131 Å². The minimum Gasteiger partial charge on any atom is -0.298 e. The van der Waals surface area contributed by atoms with Gasteiger partial charge < -0.3 is 0 Å². The number of carbonyl (C=O) groups excluding carboxylic acids is 1. The topological polar surface area (TPSA) is 34.9 Å². The van der Waals surface area contributed by atoms with Crippen molar-refractivity contribution >= 4 is 33.6 Å². The van der Waals surface area contributed by atoms with Gasteiger partial charge in [-0.1, -0.05) is 0 Å². The fraction of sp³-hybridized carbons (Fsp3) is 0. The summed E-state index contributed by atoms with van der Waals surface area (Å²) in [5.74, 6) is -1.41. The van der Waals surface area contributed by atoms with E-state index < -0.39 is 11.6 Å². The maximum absolute atomic E-state index is 13.8. The monoisotopic (exact) mass is 368 g/mol. The lowest BCUT2D eigenvalue weighted by molar-refractivity contribution is 0.112. The zero-order valence-electron chi connectivity index (χ0n) is 10.4. The van der Waals surface area contributed by atoms with Crippen LogP contribution in [0.3, 0.4) is 0 Å². The minimum atomic E-state index is -0.745. The molecule has 1 aromatic carbocycles. The third-order valence-electron chi connectivity index (χ3n) is 2.90. The van der Waals surface area contributed by atoms with Crippen LogP contribution in [0.2, 0.25) is 0 Å². The molecule has 0 unspecified atom stereocenters. The molecule has 2 heterocycles. The molecule has 0 aliphatic carbocycles. The van der Waals surface area contributed by atoms with E-state index in [1.54, 1.807) is 0 Å². The highest BCUT2D eigenvalue weighted by Crippen LogP contribution is 2.33. The highest BCUT2D eigenvalue weighted by atomic mass is 79.9. The van der Waals surface area contributed by atoms with Crippen molar-refractivity contribution in [3.8, 4) is 16.9 Å². The number of benzene rings is 1. The molecule has 0 atom stereocenters. The fourth-order valence-electron chi connectivity index (χ4n) is 1.92. The van der Waals surface area contributed by atoms with E-state index in [0.717, 1.165) is 22.2 Å². The predicted molar refractivity (Wildman–Crippen MR) is 79.9 cm³/mol. The van der Waals surface area contributed by atoms with Crippen molar-refractivity contribution in [2.45, 2.75) is 0 Å². The van der Waals surface area contributed by atoms with Gasteiger partial charge in [0.2, 0.25) is 0 Å². The van der Waals surface area contributed by atoms with Crippen LogP contribution < -0.4 is 0 Å². The molecule has 3 nitrogen and oxygen atoms in total. The van der Waals surface area contributed by atoms with E-state index in [9.17, 15) is 13.6 Å².